The van der Waals surface area contributed by atoms with Gasteiger partial charge in [-0.25, -0.2) is 10.8 Å². The van der Waals surface area contributed by atoms with Crippen LogP contribution in [0.1, 0.15) is 30.3 Å². The number of aromatic nitrogens is 1. The first-order chi connectivity index (χ1) is 10.1. The highest BCUT2D eigenvalue weighted by molar-refractivity contribution is 6.33. The van der Waals surface area contributed by atoms with E-state index in [2.05, 4.69) is 27.6 Å². The Kier molecular flexibility index (Phi) is 5.78. The van der Waals surface area contributed by atoms with Crippen LogP contribution in [0, 0.1) is 5.92 Å². The van der Waals surface area contributed by atoms with Crippen LogP contribution in [0.2, 0.25) is 5.02 Å². The van der Waals surface area contributed by atoms with Crippen molar-refractivity contribution < 1.29 is 4.79 Å². The van der Waals surface area contributed by atoms with E-state index >= 15 is 0 Å². The number of pyridine rings is 1. The Morgan fingerprint density at radius 2 is 2.19 bits per heavy atom. The summed E-state index contributed by atoms with van der Waals surface area (Å²) < 4.78 is 0. The number of carbonyl (C=O) groups is 1. The van der Waals surface area contributed by atoms with Gasteiger partial charge in [-0.2, -0.15) is 0 Å². The maximum Gasteiger partial charge on any atom is 0.271 e. The van der Waals surface area contributed by atoms with Crippen LogP contribution >= 0.6 is 11.6 Å². The van der Waals surface area contributed by atoms with Gasteiger partial charge in [0.05, 0.1) is 5.02 Å². The van der Waals surface area contributed by atoms with Gasteiger partial charge in [-0.15, -0.1) is 0 Å². The molecule has 1 aromatic heterocycles. The molecule has 1 aromatic rings. The van der Waals surface area contributed by atoms with Crippen LogP contribution in [0.15, 0.2) is 12.1 Å². The first-order valence-electron chi connectivity index (χ1n) is 7.24. The van der Waals surface area contributed by atoms with E-state index in [1.54, 1.807) is 12.1 Å². The number of amides is 1. The molecule has 0 aliphatic carbocycles. The summed E-state index contributed by atoms with van der Waals surface area (Å²) in [5.74, 6) is 5.82. The SMILES string of the molecule is CC(CNC(=O)c1nc(NN)ccc1Cl)CN1CCCC1. The van der Waals surface area contributed by atoms with Crippen molar-refractivity contribution in [3.05, 3.63) is 22.8 Å². The summed E-state index contributed by atoms with van der Waals surface area (Å²) >= 11 is 6.00. The zero-order chi connectivity index (χ0) is 15.2. The van der Waals surface area contributed by atoms with E-state index in [1.165, 1.54) is 12.8 Å². The molecule has 1 amide bonds. The molecular weight excluding hydrogens is 290 g/mol. The van der Waals surface area contributed by atoms with Gasteiger partial charge in [0.2, 0.25) is 0 Å². The Hall–Kier alpha value is -1.37. The lowest BCUT2D eigenvalue weighted by Gasteiger charge is -2.20. The first-order valence-corrected chi connectivity index (χ1v) is 7.61. The molecule has 0 aromatic carbocycles. The Morgan fingerprint density at radius 3 is 2.86 bits per heavy atom. The Bertz CT molecular complexity index is 490. The predicted molar refractivity (Wildman–Crippen MR) is 84.2 cm³/mol. The minimum atomic E-state index is -0.273. The van der Waals surface area contributed by atoms with Crippen LogP contribution < -0.4 is 16.6 Å². The second-order valence-electron chi connectivity index (χ2n) is 5.49. The predicted octanol–water partition coefficient (Wildman–Crippen LogP) is 1.48. The van der Waals surface area contributed by atoms with Gasteiger partial charge in [-0.1, -0.05) is 18.5 Å². The Morgan fingerprint density at radius 1 is 1.48 bits per heavy atom. The minimum Gasteiger partial charge on any atom is -0.350 e. The minimum absolute atomic E-state index is 0.195. The van der Waals surface area contributed by atoms with Crippen molar-refractivity contribution >= 4 is 23.3 Å². The number of hydrogen-bond donors (Lipinski definition) is 3. The van der Waals surface area contributed by atoms with Crippen LogP contribution in [0.3, 0.4) is 0 Å². The summed E-state index contributed by atoms with van der Waals surface area (Å²) in [4.78, 5) is 18.6. The maximum absolute atomic E-state index is 12.1. The molecule has 1 aliphatic heterocycles. The van der Waals surface area contributed by atoms with Crippen LogP contribution in [0.25, 0.3) is 0 Å². The van der Waals surface area contributed by atoms with Crippen LogP contribution in [-0.2, 0) is 0 Å². The van der Waals surface area contributed by atoms with Gasteiger partial charge in [0, 0.05) is 13.1 Å². The third kappa shape index (κ3) is 4.56. The molecule has 4 N–H and O–H groups in total. The van der Waals surface area contributed by atoms with E-state index in [4.69, 9.17) is 17.4 Å². The number of likely N-dealkylation sites (tertiary alicyclic amines) is 1. The highest BCUT2D eigenvalue weighted by Gasteiger charge is 2.17. The van der Waals surface area contributed by atoms with Gasteiger partial charge in [0.15, 0.2) is 0 Å². The fraction of sp³-hybridized carbons (Fsp3) is 0.571. The average molecular weight is 312 g/mol. The summed E-state index contributed by atoms with van der Waals surface area (Å²) in [6, 6.07) is 3.22. The van der Waals surface area contributed by atoms with Gasteiger partial charge < -0.3 is 15.6 Å². The van der Waals surface area contributed by atoms with Crippen molar-refractivity contribution in [3.63, 3.8) is 0 Å². The van der Waals surface area contributed by atoms with Crippen molar-refractivity contribution in [2.45, 2.75) is 19.8 Å². The lowest BCUT2D eigenvalue weighted by Crippen LogP contribution is -2.35. The summed E-state index contributed by atoms with van der Waals surface area (Å²) in [6.45, 7) is 6.07. The van der Waals surface area contributed by atoms with Crippen molar-refractivity contribution in [1.29, 1.82) is 0 Å². The second-order valence-corrected chi connectivity index (χ2v) is 5.90. The molecule has 1 fully saturated rings. The van der Waals surface area contributed by atoms with E-state index < -0.39 is 0 Å². The standard InChI is InChI=1S/C14H22ClN5O/c1-10(9-20-6-2-3-7-20)8-17-14(21)13-11(15)4-5-12(18-13)19-16/h4-5,10H,2-3,6-9,16H2,1H3,(H,17,21)(H,18,19). The number of hydrogen-bond acceptors (Lipinski definition) is 5. The third-order valence-electron chi connectivity index (χ3n) is 3.59. The summed E-state index contributed by atoms with van der Waals surface area (Å²) in [5.41, 5.74) is 2.60. The number of hydrazine groups is 1. The Labute approximate surface area is 130 Å². The van der Waals surface area contributed by atoms with Crippen molar-refractivity contribution in [2.24, 2.45) is 11.8 Å². The second kappa shape index (κ2) is 7.59. The quantitative estimate of drug-likeness (QED) is 0.547. The molecule has 0 radical (unpaired) electrons. The molecule has 1 unspecified atom stereocenters. The lowest BCUT2D eigenvalue weighted by atomic mass is 10.1. The summed E-state index contributed by atoms with van der Waals surface area (Å²) in [6.07, 6.45) is 2.55. The molecule has 0 bridgehead atoms. The molecule has 0 spiro atoms. The van der Waals surface area contributed by atoms with E-state index in [-0.39, 0.29) is 11.6 Å². The topological polar surface area (TPSA) is 83.3 Å². The molecule has 21 heavy (non-hydrogen) atoms. The number of rotatable bonds is 6. The highest BCUT2D eigenvalue weighted by Crippen LogP contribution is 2.16. The van der Waals surface area contributed by atoms with Gasteiger partial charge in [-0.3, -0.25) is 4.79 Å². The number of nitrogens with one attached hydrogen (secondary N) is 2. The number of carbonyl (C=O) groups excluding carboxylic acids is 1. The molecule has 0 saturated carbocycles. The molecule has 1 saturated heterocycles. The van der Waals surface area contributed by atoms with Gasteiger partial charge in [0.25, 0.3) is 5.91 Å². The fourth-order valence-electron chi connectivity index (χ4n) is 2.50. The van der Waals surface area contributed by atoms with E-state index in [9.17, 15) is 4.79 Å². The van der Waals surface area contributed by atoms with Gasteiger partial charge in [-0.05, 0) is 44.0 Å². The molecule has 7 heteroatoms. The molecular formula is C14H22ClN5O. The smallest absolute Gasteiger partial charge is 0.271 e. The zero-order valence-electron chi connectivity index (χ0n) is 12.2. The summed E-state index contributed by atoms with van der Waals surface area (Å²) in [7, 11) is 0. The van der Waals surface area contributed by atoms with Crippen LogP contribution in [0.4, 0.5) is 5.82 Å². The molecule has 116 valence electrons. The maximum atomic E-state index is 12.1. The van der Waals surface area contributed by atoms with E-state index in [0.717, 1.165) is 19.6 Å². The molecule has 2 heterocycles. The van der Waals surface area contributed by atoms with Crippen LogP contribution in [-0.4, -0.2) is 42.0 Å². The zero-order valence-corrected chi connectivity index (χ0v) is 13.0. The van der Waals surface area contributed by atoms with Crippen molar-refractivity contribution in [1.82, 2.24) is 15.2 Å². The number of halogens is 1. The van der Waals surface area contributed by atoms with E-state index in [0.29, 0.717) is 23.3 Å². The first kappa shape index (κ1) is 16.0. The number of nitrogens with zero attached hydrogens (tertiary/aromatic N) is 2. The fourth-order valence-corrected chi connectivity index (χ4v) is 2.69. The third-order valence-corrected chi connectivity index (χ3v) is 3.89. The van der Waals surface area contributed by atoms with Crippen LogP contribution in [0.5, 0.6) is 0 Å². The molecule has 1 atom stereocenters. The normalized spacial score (nSPS) is 16.7. The number of nitrogen functional groups attached to an aromatic ring is 1. The highest BCUT2D eigenvalue weighted by atomic mass is 35.5. The average Bonchev–Trinajstić information content (AvgIpc) is 2.98. The molecule has 1 aliphatic rings. The number of anilines is 1. The van der Waals surface area contributed by atoms with Gasteiger partial charge >= 0.3 is 0 Å². The van der Waals surface area contributed by atoms with Gasteiger partial charge in [0.1, 0.15) is 11.5 Å². The summed E-state index contributed by atoms with van der Waals surface area (Å²) in [5, 5.41) is 3.20. The lowest BCUT2D eigenvalue weighted by molar-refractivity contribution is 0.0940. The van der Waals surface area contributed by atoms with E-state index in [1.807, 2.05) is 0 Å². The molecule has 6 nitrogen and oxygen atoms in total. The van der Waals surface area contributed by atoms with Crippen molar-refractivity contribution in [2.75, 3.05) is 31.6 Å². The van der Waals surface area contributed by atoms with Crippen molar-refractivity contribution in [3.8, 4) is 0 Å². The largest absolute Gasteiger partial charge is 0.350 e. The molecule has 2 rings (SSSR count). The monoisotopic (exact) mass is 311 g/mol. The Balaban J connectivity index is 1.86. The number of nitrogens with two attached hydrogens (primary N) is 1.